The van der Waals surface area contributed by atoms with E-state index < -0.39 is 0 Å². The molecule has 2 heterocycles. The molecule has 20 heavy (non-hydrogen) atoms. The second-order valence-corrected chi connectivity index (χ2v) is 5.84. The predicted octanol–water partition coefficient (Wildman–Crippen LogP) is 4.20. The van der Waals surface area contributed by atoms with Crippen LogP contribution in [0.25, 0.3) is 20.9 Å². The summed E-state index contributed by atoms with van der Waals surface area (Å²) in [5.74, 6) is 0. The van der Waals surface area contributed by atoms with Crippen molar-refractivity contribution >= 4 is 50.0 Å². The van der Waals surface area contributed by atoms with Crippen LogP contribution in [0.4, 0.5) is 5.69 Å². The first-order valence-electron chi connectivity index (χ1n) is 5.74. The maximum atomic E-state index is 11.1. The van der Waals surface area contributed by atoms with Crippen LogP contribution >= 0.6 is 33.9 Å². The Hall–Kier alpha value is -1.61. The van der Waals surface area contributed by atoms with Gasteiger partial charge in [0, 0.05) is 16.7 Å². The maximum absolute atomic E-state index is 11.1. The zero-order valence-electron chi connectivity index (χ0n) is 10.1. The van der Waals surface area contributed by atoms with E-state index in [0.717, 1.165) is 20.3 Å². The predicted molar refractivity (Wildman–Crippen MR) is 87.2 cm³/mol. The number of hydrogen-bond acceptors (Lipinski definition) is 5. The van der Waals surface area contributed by atoms with Gasteiger partial charge in [0.2, 0.25) is 0 Å². The number of benzene rings is 1. The van der Waals surface area contributed by atoms with Crippen molar-refractivity contribution in [2.24, 2.45) is 0 Å². The fourth-order valence-electron chi connectivity index (χ4n) is 1.87. The van der Waals surface area contributed by atoms with E-state index in [4.69, 9.17) is 0 Å². The third kappa shape index (κ3) is 2.38. The van der Waals surface area contributed by atoms with Gasteiger partial charge in [-0.15, -0.1) is 0 Å². The van der Waals surface area contributed by atoms with E-state index in [2.05, 4.69) is 32.6 Å². The summed E-state index contributed by atoms with van der Waals surface area (Å²) in [5.41, 5.74) is 2.49. The van der Waals surface area contributed by atoms with Crippen molar-refractivity contribution in [2.45, 2.75) is 4.43 Å². The van der Waals surface area contributed by atoms with E-state index >= 15 is 0 Å². The van der Waals surface area contributed by atoms with Gasteiger partial charge >= 0.3 is 0 Å². The number of fused-ring (bicyclic) bond motifs is 1. The Labute approximate surface area is 132 Å². The van der Waals surface area contributed by atoms with Crippen LogP contribution < -0.4 is 0 Å². The minimum absolute atomic E-state index is 0.0701. The largest absolute Gasteiger partial charge is 0.279 e. The zero-order chi connectivity index (χ0) is 14.1. The molecule has 0 saturated heterocycles. The van der Waals surface area contributed by atoms with Gasteiger partial charge in [-0.3, -0.25) is 10.1 Å². The average molecular weight is 397 g/mol. The molecule has 3 rings (SSSR count). The van der Waals surface area contributed by atoms with Crippen LogP contribution in [0.15, 0.2) is 36.5 Å². The third-order valence-electron chi connectivity index (χ3n) is 2.79. The number of halogens is 1. The Morgan fingerprint density at radius 1 is 1.35 bits per heavy atom. The van der Waals surface area contributed by atoms with Crippen molar-refractivity contribution in [2.75, 3.05) is 0 Å². The molecular formula is C13H8IN3O2S. The molecule has 5 nitrogen and oxygen atoms in total. The number of alkyl halides is 1. The molecule has 3 aromatic rings. The van der Waals surface area contributed by atoms with Crippen LogP contribution in [0.3, 0.4) is 0 Å². The zero-order valence-corrected chi connectivity index (χ0v) is 13.1. The fraction of sp³-hybridized carbons (Fsp3) is 0.0769. The molecule has 0 amide bonds. The number of para-hydroxylation sites is 1. The first-order chi connectivity index (χ1) is 9.69. The summed E-state index contributed by atoms with van der Waals surface area (Å²) in [6, 6.07) is 8.61. The van der Waals surface area contributed by atoms with Crippen LogP contribution in [0.1, 0.15) is 5.56 Å². The van der Waals surface area contributed by atoms with E-state index in [1.165, 1.54) is 17.4 Å². The number of nitro groups is 1. The minimum Gasteiger partial charge on any atom is -0.258 e. The maximum Gasteiger partial charge on any atom is 0.279 e. The summed E-state index contributed by atoms with van der Waals surface area (Å²) >= 11 is 3.64. The van der Waals surface area contributed by atoms with Crippen molar-refractivity contribution < 1.29 is 4.92 Å². The van der Waals surface area contributed by atoms with Gasteiger partial charge in [-0.25, -0.2) is 9.97 Å². The number of nitro benzene ring substituents is 1. The summed E-state index contributed by atoms with van der Waals surface area (Å²) in [7, 11) is 0. The van der Waals surface area contributed by atoms with Gasteiger partial charge in [0.15, 0.2) is 0 Å². The van der Waals surface area contributed by atoms with Gasteiger partial charge in [0.25, 0.3) is 5.69 Å². The van der Waals surface area contributed by atoms with Crippen molar-refractivity contribution in [1.29, 1.82) is 0 Å². The third-order valence-corrected chi connectivity index (χ3v) is 4.68. The Balaban J connectivity index is 2.18. The van der Waals surface area contributed by atoms with E-state index in [9.17, 15) is 10.1 Å². The van der Waals surface area contributed by atoms with Gasteiger partial charge in [0.05, 0.1) is 10.5 Å². The monoisotopic (exact) mass is 397 g/mol. The highest BCUT2D eigenvalue weighted by Gasteiger charge is 2.18. The first kappa shape index (κ1) is 13.4. The summed E-state index contributed by atoms with van der Waals surface area (Å²) in [6.45, 7) is 0. The van der Waals surface area contributed by atoms with Gasteiger partial charge in [-0.2, -0.15) is 0 Å². The Bertz CT molecular complexity index is 803. The summed E-state index contributed by atoms with van der Waals surface area (Å²) < 4.78 is 0.860. The number of aromatic nitrogens is 2. The average Bonchev–Trinajstić information content (AvgIpc) is 2.89. The lowest BCUT2D eigenvalue weighted by atomic mass is 10.2. The molecule has 0 atom stereocenters. The number of nitrogens with zero attached hydrogens (tertiary/aromatic N) is 3. The molecular weight excluding hydrogens is 389 g/mol. The summed E-state index contributed by atoms with van der Waals surface area (Å²) in [4.78, 5) is 20.3. The Kier molecular flexibility index (Phi) is 3.62. The second kappa shape index (κ2) is 5.41. The smallest absolute Gasteiger partial charge is 0.258 e. The van der Waals surface area contributed by atoms with E-state index in [0.29, 0.717) is 10.6 Å². The van der Waals surface area contributed by atoms with Crippen LogP contribution in [-0.2, 0) is 4.43 Å². The van der Waals surface area contributed by atoms with Gasteiger partial charge in [0.1, 0.15) is 15.4 Å². The van der Waals surface area contributed by atoms with Crippen LogP contribution in [0.5, 0.6) is 0 Å². The fourth-order valence-corrected chi connectivity index (χ4v) is 3.21. The highest BCUT2D eigenvalue weighted by Crippen LogP contribution is 2.34. The molecule has 0 spiro atoms. The SMILES string of the molecule is O=[N+]([O-])c1ccccc1-c1nc2cc(CI)cnc2s1. The van der Waals surface area contributed by atoms with Crippen LogP contribution in [-0.4, -0.2) is 14.9 Å². The van der Waals surface area contributed by atoms with E-state index in [1.807, 2.05) is 12.3 Å². The highest BCUT2D eigenvalue weighted by molar-refractivity contribution is 14.1. The number of pyridine rings is 1. The molecule has 1 aromatic carbocycles. The molecule has 7 heteroatoms. The van der Waals surface area contributed by atoms with Gasteiger partial charge in [-0.05, 0) is 17.7 Å². The molecule has 0 bridgehead atoms. The minimum atomic E-state index is -0.384. The van der Waals surface area contributed by atoms with Crippen molar-refractivity contribution in [1.82, 2.24) is 9.97 Å². The van der Waals surface area contributed by atoms with Crippen LogP contribution in [0, 0.1) is 10.1 Å². The lowest BCUT2D eigenvalue weighted by Crippen LogP contribution is -1.90. The number of hydrogen-bond donors (Lipinski definition) is 0. The topological polar surface area (TPSA) is 68.9 Å². The molecule has 100 valence electrons. The molecule has 0 radical (unpaired) electrons. The molecule has 0 aliphatic rings. The lowest BCUT2D eigenvalue weighted by Gasteiger charge is -1.97. The molecule has 0 saturated carbocycles. The molecule has 0 unspecified atom stereocenters. The lowest BCUT2D eigenvalue weighted by molar-refractivity contribution is -0.384. The van der Waals surface area contributed by atoms with E-state index in [-0.39, 0.29) is 10.6 Å². The highest BCUT2D eigenvalue weighted by atomic mass is 127. The van der Waals surface area contributed by atoms with Crippen LogP contribution in [0.2, 0.25) is 0 Å². The van der Waals surface area contributed by atoms with Crippen molar-refractivity contribution in [3.63, 3.8) is 0 Å². The van der Waals surface area contributed by atoms with Crippen molar-refractivity contribution in [3.8, 4) is 10.6 Å². The summed E-state index contributed by atoms with van der Waals surface area (Å²) in [5, 5.41) is 11.7. The number of thiazole rings is 1. The van der Waals surface area contributed by atoms with Gasteiger partial charge < -0.3 is 0 Å². The molecule has 0 N–H and O–H groups in total. The second-order valence-electron chi connectivity index (χ2n) is 4.09. The first-order valence-corrected chi connectivity index (χ1v) is 8.08. The van der Waals surface area contributed by atoms with E-state index in [1.54, 1.807) is 18.2 Å². The summed E-state index contributed by atoms with van der Waals surface area (Å²) in [6.07, 6.45) is 1.82. The Morgan fingerprint density at radius 2 is 2.15 bits per heavy atom. The van der Waals surface area contributed by atoms with Crippen molar-refractivity contribution in [3.05, 3.63) is 52.2 Å². The molecule has 2 aromatic heterocycles. The standard InChI is InChI=1S/C13H8IN3O2S/c14-6-8-5-10-13(15-7-8)20-12(16-10)9-3-1-2-4-11(9)17(18)19/h1-5,7H,6H2. The molecule has 0 aliphatic carbocycles. The molecule has 0 fully saturated rings. The van der Waals surface area contributed by atoms with Gasteiger partial charge in [-0.1, -0.05) is 46.1 Å². The normalized spacial score (nSPS) is 10.8. The number of rotatable bonds is 3. The quantitative estimate of drug-likeness (QED) is 0.288. The Morgan fingerprint density at radius 3 is 2.90 bits per heavy atom. The molecule has 0 aliphatic heterocycles.